The summed E-state index contributed by atoms with van der Waals surface area (Å²) in [5, 5.41) is 5.50. The molecule has 0 bridgehead atoms. The maximum Gasteiger partial charge on any atom is 0.319 e. The number of piperazine rings is 1. The molecule has 2 aromatic rings. The number of hydrogen-bond acceptors (Lipinski definition) is 4. The van der Waals surface area contributed by atoms with Gasteiger partial charge in [0.15, 0.2) is 0 Å². The number of urea groups is 1. The summed E-state index contributed by atoms with van der Waals surface area (Å²) in [6, 6.07) is 8.62. The summed E-state index contributed by atoms with van der Waals surface area (Å²) in [4.78, 5) is 25.3. The molecule has 2 N–H and O–H groups in total. The fraction of sp³-hybridized carbons (Fsp3) is 0.333. The summed E-state index contributed by atoms with van der Waals surface area (Å²) < 4.78 is 53.8. The van der Waals surface area contributed by atoms with Gasteiger partial charge in [0.2, 0.25) is 10.0 Å². The standard InChI is InChI=1S/C21H22F2N4O4S/c22-15-3-8-18(23)19(13-15)32(30,31)27-11-9-26(10-12-27)20(28)14-1-4-16(5-2-14)24-21(29)25-17-6-7-17/h1-5,8,13,17H,6-7,9-12H2,(H2,24,25,29). The van der Waals surface area contributed by atoms with E-state index in [1.807, 2.05) is 0 Å². The van der Waals surface area contributed by atoms with E-state index in [1.54, 1.807) is 24.3 Å². The highest BCUT2D eigenvalue weighted by molar-refractivity contribution is 7.89. The SMILES string of the molecule is O=C(Nc1ccc(C(=O)N2CCN(S(=O)(=O)c3cc(F)ccc3F)CC2)cc1)NC1CC1. The van der Waals surface area contributed by atoms with E-state index in [0.717, 1.165) is 29.3 Å². The first kappa shape index (κ1) is 22.2. The lowest BCUT2D eigenvalue weighted by molar-refractivity contribution is 0.0697. The smallest absolute Gasteiger partial charge is 0.319 e. The van der Waals surface area contributed by atoms with Crippen molar-refractivity contribution in [1.82, 2.24) is 14.5 Å². The van der Waals surface area contributed by atoms with Crippen LogP contribution in [0.15, 0.2) is 47.4 Å². The number of carbonyl (C=O) groups excluding carboxylic acids is 2. The molecule has 1 aliphatic heterocycles. The molecule has 1 heterocycles. The first-order valence-corrected chi connectivity index (χ1v) is 11.6. The lowest BCUT2D eigenvalue weighted by atomic mass is 10.1. The monoisotopic (exact) mass is 464 g/mol. The minimum Gasteiger partial charge on any atom is -0.336 e. The third-order valence-electron chi connectivity index (χ3n) is 5.34. The Balaban J connectivity index is 1.36. The van der Waals surface area contributed by atoms with E-state index in [9.17, 15) is 26.8 Å². The van der Waals surface area contributed by atoms with Crippen molar-refractivity contribution in [3.05, 3.63) is 59.7 Å². The van der Waals surface area contributed by atoms with Gasteiger partial charge >= 0.3 is 6.03 Å². The molecule has 8 nitrogen and oxygen atoms in total. The number of carbonyl (C=O) groups is 2. The Morgan fingerprint density at radius 3 is 2.22 bits per heavy atom. The maximum atomic E-state index is 14.0. The second kappa shape index (κ2) is 8.83. The van der Waals surface area contributed by atoms with Crippen LogP contribution in [0.4, 0.5) is 19.3 Å². The summed E-state index contributed by atoms with van der Waals surface area (Å²) in [7, 11) is -4.22. The van der Waals surface area contributed by atoms with Crippen LogP contribution in [0.2, 0.25) is 0 Å². The minimum atomic E-state index is -4.22. The number of halogens is 2. The quantitative estimate of drug-likeness (QED) is 0.710. The van der Waals surface area contributed by atoms with Crippen LogP contribution in [0.3, 0.4) is 0 Å². The number of amides is 3. The Labute approximate surface area is 184 Å². The maximum absolute atomic E-state index is 14.0. The predicted octanol–water partition coefficient (Wildman–Crippen LogP) is 2.40. The molecule has 0 spiro atoms. The molecule has 1 saturated heterocycles. The average molecular weight is 464 g/mol. The summed E-state index contributed by atoms with van der Waals surface area (Å²) in [6.07, 6.45) is 1.96. The molecular formula is C21H22F2N4O4S. The molecule has 2 fully saturated rings. The van der Waals surface area contributed by atoms with Gasteiger partial charge in [0, 0.05) is 43.5 Å². The Hall–Kier alpha value is -3.05. The van der Waals surface area contributed by atoms with E-state index in [0.29, 0.717) is 17.3 Å². The number of hydrogen-bond donors (Lipinski definition) is 2. The van der Waals surface area contributed by atoms with Crippen molar-refractivity contribution in [3.63, 3.8) is 0 Å². The third kappa shape index (κ3) is 4.89. The molecule has 170 valence electrons. The molecule has 4 rings (SSSR count). The Kier molecular flexibility index (Phi) is 6.11. The molecule has 0 unspecified atom stereocenters. The number of nitrogens with zero attached hydrogens (tertiary/aromatic N) is 2. The van der Waals surface area contributed by atoms with Crippen LogP contribution in [0.5, 0.6) is 0 Å². The van der Waals surface area contributed by atoms with Crippen molar-refractivity contribution >= 4 is 27.6 Å². The molecule has 2 aliphatic rings. The molecule has 0 atom stereocenters. The van der Waals surface area contributed by atoms with Gasteiger partial charge in [0.25, 0.3) is 5.91 Å². The van der Waals surface area contributed by atoms with Crippen LogP contribution >= 0.6 is 0 Å². The van der Waals surface area contributed by atoms with Crippen molar-refractivity contribution in [3.8, 4) is 0 Å². The van der Waals surface area contributed by atoms with Crippen molar-refractivity contribution in [2.75, 3.05) is 31.5 Å². The Morgan fingerprint density at radius 1 is 0.938 bits per heavy atom. The van der Waals surface area contributed by atoms with Gasteiger partial charge in [0.1, 0.15) is 16.5 Å². The van der Waals surface area contributed by atoms with E-state index in [2.05, 4.69) is 10.6 Å². The number of anilines is 1. The van der Waals surface area contributed by atoms with Gasteiger partial charge in [0.05, 0.1) is 0 Å². The van der Waals surface area contributed by atoms with Crippen LogP contribution in [-0.2, 0) is 10.0 Å². The highest BCUT2D eigenvalue weighted by Gasteiger charge is 2.32. The van der Waals surface area contributed by atoms with Gasteiger partial charge in [-0.2, -0.15) is 4.31 Å². The molecule has 0 radical (unpaired) electrons. The molecule has 2 aromatic carbocycles. The van der Waals surface area contributed by atoms with Crippen molar-refractivity contribution in [2.45, 2.75) is 23.8 Å². The molecule has 3 amide bonds. The molecule has 0 aromatic heterocycles. The summed E-state index contributed by atoms with van der Waals surface area (Å²) in [6.45, 7) is 0.146. The van der Waals surface area contributed by atoms with E-state index in [-0.39, 0.29) is 44.2 Å². The average Bonchev–Trinajstić information content (AvgIpc) is 3.59. The van der Waals surface area contributed by atoms with Crippen LogP contribution < -0.4 is 10.6 Å². The highest BCUT2D eigenvalue weighted by Crippen LogP contribution is 2.23. The van der Waals surface area contributed by atoms with Crippen LogP contribution in [0.1, 0.15) is 23.2 Å². The van der Waals surface area contributed by atoms with Crippen molar-refractivity contribution in [1.29, 1.82) is 0 Å². The van der Waals surface area contributed by atoms with Gasteiger partial charge in [-0.1, -0.05) is 0 Å². The van der Waals surface area contributed by atoms with E-state index in [1.165, 1.54) is 4.90 Å². The second-order valence-electron chi connectivity index (χ2n) is 7.72. The first-order valence-electron chi connectivity index (χ1n) is 10.2. The van der Waals surface area contributed by atoms with Crippen LogP contribution in [-0.4, -0.2) is 61.8 Å². The third-order valence-corrected chi connectivity index (χ3v) is 7.25. The molecule has 32 heavy (non-hydrogen) atoms. The van der Waals surface area contributed by atoms with Gasteiger partial charge in [-0.25, -0.2) is 22.0 Å². The topological polar surface area (TPSA) is 98.8 Å². The van der Waals surface area contributed by atoms with Gasteiger partial charge < -0.3 is 15.5 Å². The second-order valence-corrected chi connectivity index (χ2v) is 9.63. The summed E-state index contributed by atoms with van der Waals surface area (Å²) in [5.74, 6) is -2.15. The lowest BCUT2D eigenvalue weighted by Crippen LogP contribution is -2.50. The first-order chi connectivity index (χ1) is 15.2. The number of rotatable bonds is 5. The fourth-order valence-electron chi connectivity index (χ4n) is 3.40. The molecule has 11 heteroatoms. The largest absolute Gasteiger partial charge is 0.336 e. The van der Waals surface area contributed by atoms with Gasteiger partial charge in [-0.3, -0.25) is 4.79 Å². The van der Waals surface area contributed by atoms with E-state index in [4.69, 9.17) is 0 Å². The number of nitrogens with one attached hydrogen (secondary N) is 2. The zero-order chi connectivity index (χ0) is 22.9. The van der Waals surface area contributed by atoms with Crippen LogP contribution in [0, 0.1) is 11.6 Å². The fourth-order valence-corrected chi connectivity index (χ4v) is 4.90. The van der Waals surface area contributed by atoms with E-state index < -0.39 is 26.6 Å². The van der Waals surface area contributed by atoms with Crippen LogP contribution in [0.25, 0.3) is 0 Å². The number of sulfonamides is 1. The Morgan fingerprint density at radius 2 is 1.59 bits per heavy atom. The summed E-state index contributed by atoms with van der Waals surface area (Å²) >= 11 is 0. The Bertz CT molecular complexity index is 1130. The highest BCUT2D eigenvalue weighted by atomic mass is 32.2. The van der Waals surface area contributed by atoms with Gasteiger partial charge in [-0.15, -0.1) is 0 Å². The molecule has 1 aliphatic carbocycles. The minimum absolute atomic E-state index is 0.0367. The van der Waals surface area contributed by atoms with Crippen molar-refractivity contribution in [2.24, 2.45) is 0 Å². The predicted molar refractivity (Wildman–Crippen MR) is 113 cm³/mol. The zero-order valence-corrected chi connectivity index (χ0v) is 17.9. The molecular weight excluding hydrogens is 442 g/mol. The normalized spacial score (nSPS) is 17.1. The van der Waals surface area contributed by atoms with Crippen molar-refractivity contribution < 1.29 is 26.8 Å². The zero-order valence-electron chi connectivity index (χ0n) is 17.1. The van der Waals surface area contributed by atoms with Gasteiger partial charge in [-0.05, 0) is 55.3 Å². The lowest BCUT2D eigenvalue weighted by Gasteiger charge is -2.34. The number of benzene rings is 2. The molecule has 1 saturated carbocycles. The summed E-state index contributed by atoms with van der Waals surface area (Å²) in [5.41, 5.74) is 0.943. The van der Waals surface area contributed by atoms with E-state index >= 15 is 0 Å².